The largest absolute Gasteiger partial charge is 0.390 e. The third-order valence-electron chi connectivity index (χ3n) is 2.23. The van der Waals surface area contributed by atoms with E-state index in [1.165, 1.54) is 17.4 Å². The fraction of sp³-hybridized carbons (Fsp3) is 0. The summed E-state index contributed by atoms with van der Waals surface area (Å²) in [7, 11) is 0. The summed E-state index contributed by atoms with van der Waals surface area (Å²) in [4.78, 5) is 11.2. The Morgan fingerprint density at radius 3 is 2.56 bits per heavy atom. The van der Waals surface area contributed by atoms with E-state index in [9.17, 15) is 9.18 Å². The number of thiophene rings is 1. The first-order valence-corrected chi connectivity index (χ1v) is 5.41. The van der Waals surface area contributed by atoms with Crippen LogP contribution in [0, 0.1) is 5.82 Å². The zero-order valence-electron chi connectivity index (χ0n) is 8.24. The molecule has 0 spiro atoms. The van der Waals surface area contributed by atoms with Crippen LogP contribution in [0.2, 0.25) is 0 Å². The van der Waals surface area contributed by atoms with Crippen molar-refractivity contribution < 1.29 is 9.18 Å². The summed E-state index contributed by atoms with van der Waals surface area (Å²) >= 11 is 1.17. The SMILES string of the molecule is NC(=O)c1c(-c2ccccc2F)csc1N. The average molecular weight is 236 g/mol. The second-order valence-electron chi connectivity index (χ2n) is 3.23. The number of amides is 1. The van der Waals surface area contributed by atoms with E-state index in [-0.39, 0.29) is 5.56 Å². The minimum absolute atomic E-state index is 0.190. The lowest BCUT2D eigenvalue weighted by molar-refractivity contribution is 0.100. The molecule has 0 atom stereocenters. The van der Waals surface area contributed by atoms with Gasteiger partial charge in [-0.25, -0.2) is 4.39 Å². The Labute approximate surface area is 95.5 Å². The number of hydrogen-bond acceptors (Lipinski definition) is 3. The zero-order chi connectivity index (χ0) is 11.7. The molecule has 0 bridgehead atoms. The number of benzene rings is 1. The molecule has 2 rings (SSSR count). The number of carbonyl (C=O) groups is 1. The fourth-order valence-corrected chi connectivity index (χ4v) is 2.32. The molecule has 3 nitrogen and oxygen atoms in total. The molecule has 1 heterocycles. The predicted octanol–water partition coefficient (Wildman–Crippen LogP) is 2.24. The fourth-order valence-electron chi connectivity index (χ4n) is 1.50. The summed E-state index contributed by atoms with van der Waals surface area (Å²) in [5, 5.41) is 1.94. The predicted molar refractivity (Wildman–Crippen MR) is 62.6 cm³/mol. The third kappa shape index (κ3) is 1.65. The second kappa shape index (κ2) is 3.94. The van der Waals surface area contributed by atoms with Gasteiger partial charge in [-0.1, -0.05) is 18.2 Å². The van der Waals surface area contributed by atoms with Crippen LogP contribution in [0.1, 0.15) is 10.4 Å². The van der Waals surface area contributed by atoms with Gasteiger partial charge in [-0.3, -0.25) is 4.79 Å². The molecule has 5 heteroatoms. The van der Waals surface area contributed by atoms with Crippen LogP contribution in [0.15, 0.2) is 29.6 Å². The summed E-state index contributed by atoms with van der Waals surface area (Å²) in [6, 6.07) is 6.19. The van der Waals surface area contributed by atoms with E-state index < -0.39 is 11.7 Å². The van der Waals surface area contributed by atoms with Crippen molar-refractivity contribution >= 4 is 22.2 Å². The normalized spacial score (nSPS) is 10.3. The molecular formula is C11H9FN2OS. The molecule has 0 saturated heterocycles. The van der Waals surface area contributed by atoms with E-state index >= 15 is 0 Å². The first-order chi connectivity index (χ1) is 7.61. The van der Waals surface area contributed by atoms with Crippen molar-refractivity contribution in [3.05, 3.63) is 41.0 Å². The lowest BCUT2D eigenvalue weighted by Crippen LogP contribution is -2.13. The van der Waals surface area contributed by atoms with Gasteiger partial charge in [-0.05, 0) is 6.07 Å². The lowest BCUT2D eigenvalue weighted by atomic mass is 10.0. The van der Waals surface area contributed by atoms with Crippen molar-refractivity contribution in [2.24, 2.45) is 5.73 Å². The first kappa shape index (κ1) is 10.6. The maximum absolute atomic E-state index is 13.5. The van der Waals surface area contributed by atoms with Crippen LogP contribution in [0.4, 0.5) is 9.39 Å². The Kier molecular flexibility index (Phi) is 2.62. The van der Waals surface area contributed by atoms with Crippen LogP contribution in [0.5, 0.6) is 0 Å². The van der Waals surface area contributed by atoms with Crippen molar-refractivity contribution in [3.63, 3.8) is 0 Å². The number of anilines is 1. The van der Waals surface area contributed by atoms with Crippen LogP contribution in [-0.4, -0.2) is 5.91 Å². The topological polar surface area (TPSA) is 69.1 Å². The number of primary amides is 1. The Morgan fingerprint density at radius 1 is 1.25 bits per heavy atom. The Balaban J connectivity index is 2.66. The Morgan fingerprint density at radius 2 is 1.94 bits per heavy atom. The summed E-state index contributed by atoms with van der Waals surface area (Å²) in [6.07, 6.45) is 0. The molecule has 0 unspecified atom stereocenters. The zero-order valence-corrected chi connectivity index (χ0v) is 9.05. The van der Waals surface area contributed by atoms with Gasteiger partial charge in [0.25, 0.3) is 5.91 Å². The average Bonchev–Trinajstić information content (AvgIpc) is 2.61. The molecule has 0 aliphatic carbocycles. The van der Waals surface area contributed by atoms with Crippen LogP contribution in [0.25, 0.3) is 11.1 Å². The number of hydrogen-bond donors (Lipinski definition) is 2. The Hall–Kier alpha value is -1.88. The molecule has 0 fully saturated rings. The van der Waals surface area contributed by atoms with E-state index in [1.807, 2.05) is 0 Å². The van der Waals surface area contributed by atoms with Crippen molar-refractivity contribution in [3.8, 4) is 11.1 Å². The van der Waals surface area contributed by atoms with Crippen molar-refractivity contribution in [2.45, 2.75) is 0 Å². The van der Waals surface area contributed by atoms with Crippen LogP contribution in [0.3, 0.4) is 0 Å². The summed E-state index contributed by atoms with van der Waals surface area (Å²) in [5.74, 6) is -1.04. The third-order valence-corrected chi connectivity index (χ3v) is 3.04. The van der Waals surface area contributed by atoms with E-state index in [4.69, 9.17) is 11.5 Å². The molecule has 0 aliphatic rings. The van der Waals surface area contributed by atoms with Gasteiger partial charge in [0.05, 0.1) is 10.6 Å². The standard InChI is InChI=1S/C11H9FN2OS/c12-8-4-2-1-3-6(8)7-5-16-11(14)9(7)10(13)15/h1-5H,14H2,(H2,13,15). The highest BCUT2D eigenvalue weighted by Crippen LogP contribution is 2.34. The number of carbonyl (C=O) groups excluding carboxylic acids is 1. The highest BCUT2D eigenvalue weighted by molar-refractivity contribution is 7.15. The molecule has 1 amide bonds. The van der Waals surface area contributed by atoms with E-state index in [0.717, 1.165) is 0 Å². The van der Waals surface area contributed by atoms with E-state index in [1.54, 1.807) is 23.6 Å². The van der Waals surface area contributed by atoms with Crippen molar-refractivity contribution in [1.29, 1.82) is 0 Å². The van der Waals surface area contributed by atoms with Crippen molar-refractivity contribution in [1.82, 2.24) is 0 Å². The van der Waals surface area contributed by atoms with E-state index in [2.05, 4.69) is 0 Å². The molecule has 4 N–H and O–H groups in total. The second-order valence-corrected chi connectivity index (χ2v) is 4.14. The van der Waals surface area contributed by atoms with Gasteiger partial charge in [-0.2, -0.15) is 0 Å². The monoisotopic (exact) mass is 236 g/mol. The first-order valence-electron chi connectivity index (χ1n) is 4.53. The summed E-state index contributed by atoms with van der Waals surface area (Å²) in [5.41, 5.74) is 11.8. The molecule has 0 aliphatic heterocycles. The Bertz CT molecular complexity index is 551. The van der Waals surface area contributed by atoms with Crippen LogP contribution < -0.4 is 11.5 Å². The van der Waals surface area contributed by atoms with Gasteiger partial charge in [0.2, 0.25) is 0 Å². The van der Waals surface area contributed by atoms with Gasteiger partial charge in [-0.15, -0.1) is 11.3 Å². The number of nitrogen functional groups attached to an aromatic ring is 1. The molecule has 1 aromatic heterocycles. The van der Waals surface area contributed by atoms with E-state index in [0.29, 0.717) is 16.1 Å². The smallest absolute Gasteiger partial charge is 0.252 e. The van der Waals surface area contributed by atoms with Crippen molar-refractivity contribution in [2.75, 3.05) is 5.73 Å². The molecule has 1 aromatic carbocycles. The number of halogens is 1. The molecule has 0 radical (unpaired) electrons. The van der Waals surface area contributed by atoms with Gasteiger partial charge in [0.1, 0.15) is 5.82 Å². The quantitative estimate of drug-likeness (QED) is 0.839. The molecule has 2 aromatic rings. The maximum atomic E-state index is 13.5. The molecule has 16 heavy (non-hydrogen) atoms. The minimum atomic E-state index is -0.642. The number of nitrogens with two attached hydrogens (primary N) is 2. The van der Waals surface area contributed by atoms with Gasteiger partial charge in [0.15, 0.2) is 0 Å². The number of rotatable bonds is 2. The molecule has 0 saturated carbocycles. The van der Waals surface area contributed by atoms with Gasteiger partial charge >= 0.3 is 0 Å². The highest BCUT2D eigenvalue weighted by Gasteiger charge is 2.17. The molecular weight excluding hydrogens is 227 g/mol. The molecule has 82 valence electrons. The van der Waals surface area contributed by atoms with Crippen LogP contribution >= 0.6 is 11.3 Å². The maximum Gasteiger partial charge on any atom is 0.252 e. The minimum Gasteiger partial charge on any atom is -0.390 e. The summed E-state index contributed by atoms with van der Waals surface area (Å²) < 4.78 is 13.5. The van der Waals surface area contributed by atoms with Crippen LogP contribution in [-0.2, 0) is 0 Å². The highest BCUT2D eigenvalue weighted by atomic mass is 32.1. The van der Waals surface area contributed by atoms with Gasteiger partial charge < -0.3 is 11.5 Å². The van der Waals surface area contributed by atoms with Gasteiger partial charge in [0, 0.05) is 16.5 Å². The summed E-state index contributed by atoms with van der Waals surface area (Å²) in [6.45, 7) is 0. The lowest BCUT2D eigenvalue weighted by Gasteiger charge is -2.03.